The highest BCUT2D eigenvalue weighted by Crippen LogP contribution is 2.35. The zero-order chi connectivity index (χ0) is 23.0. The molecule has 2 aliphatic heterocycles. The topological polar surface area (TPSA) is 61.4 Å². The normalized spacial score (nSPS) is 23.7. The number of nitrogens with one attached hydrogen (secondary N) is 2. The maximum Gasteiger partial charge on any atom is 0.191 e. The van der Waals surface area contributed by atoms with Gasteiger partial charge in [0.25, 0.3) is 0 Å². The van der Waals surface area contributed by atoms with E-state index in [1.54, 1.807) is 7.11 Å². The molecule has 1 aromatic carbocycles. The van der Waals surface area contributed by atoms with E-state index in [0.717, 1.165) is 64.2 Å². The first kappa shape index (κ1) is 24.8. The van der Waals surface area contributed by atoms with Crippen LogP contribution >= 0.6 is 0 Å². The number of rotatable bonds is 8. The molecule has 0 aromatic heterocycles. The molecular formula is C25H43N5O2. The van der Waals surface area contributed by atoms with E-state index in [9.17, 15) is 0 Å². The van der Waals surface area contributed by atoms with Gasteiger partial charge in [-0.3, -0.25) is 14.8 Å². The van der Waals surface area contributed by atoms with Crippen molar-refractivity contribution in [3.05, 3.63) is 29.8 Å². The van der Waals surface area contributed by atoms with E-state index in [2.05, 4.69) is 72.5 Å². The Morgan fingerprint density at radius 3 is 2.53 bits per heavy atom. The molecule has 180 valence electrons. The maximum atomic E-state index is 5.52. The van der Waals surface area contributed by atoms with Gasteiger partial charge in [-0.1, -0.05) is 12.1 Å². The standard InChI is InChI=1S/C25H43N5O2/c1-6-26-24(28-19-25(2,3)30-14-16-32-17-15-30)27-18-21-8-7-13-29(4)23(21)20-9-11-22(31-5)12-10-20/h9-12,21,23H,6-8,13-19H2,1-5H3,(H2,26,27,28). The summed E-state index contributed by atoms with van der Waals surface area (Å²) in [5.74, 6) is 2.35. The molecule has 2 aliphatic rings. The smallest absolute Gasteiger partial charge is 0.191 e. The van der Waals surface area contributed by atoms with E-state index in [-0.39, 0.29) is 5.54 Å². The SMILES string of the molecule is CCNC(=NCC(C)(C)N1CCOCC1)NCC1CCCN(C)C1c1ccc(OC)cc1. The van der Waals surface area contributed by atoms with E-state index in [1.165, 1.54) is 18.4 Å². The average molecular weight is 446 g/mol. The number of hydrogen-bond donors (Lipinski definition) is 2. The van der Waals surface area contributed by atoms with Gasteiger partial charge in [0, 0.05) is 37.8 Å². The van der Waals surface area contributed by atoms with Crippen LogP contribution in [-0.4, -0.2) is 87.9 Å². The summed E-state index contributed by atoms with van der Waals surface area (Å²) in [6.45, 7) is 13.9. The minimum atomic E-state index is 0.0167. The predicted molar refractivity (Wildman–Crippen MR) is 132 cm³/mol. The molecule has 2 unspecified atom stereocenters. The summed E-state index contributed by atoms with van der Waals surface area (Å²) in [7, 11) is 3.96. The Balaban J connectivity index is 1.65. The lowest BCUT2D eigenvalue weighted by molar-refractivity contribution is -0.00684. The van der Waals surface area contributed by atoms with Crippen LogP contribution in [-0.2, 0) is 4.74 Å². The molecular weight excluding hydrogens is 402 g/mol. The first-order chi connectivity index (χ1) is 15.4. The van der Waals surface area contributed by atoms with Crippen LogP contribution in [0.15, 0.2) is 29.3 Å². The number of ether oxygens (including phenoxy) is 2. The highest BCUT2D eigenvalue weighted by molar-refractivity contribution is 5.79. The second kappa shape index (κ2) is 11.9. The first-order valence-electron chi connectivity index (χ1n) is 12.1. The van der Waals surface area contributed by atoms with Crippen molar-refractivity contribution in [1.82, 2.24) is 20.4 Å². The van der Waals surface area contributed by atoms with Crippen molar-refractivity contribution < 1.29 is 9.47 Å². The van der Waals surface area contributed by atoms with Crippen molar-refractivity contribution in [3.63, 3.8) is 0 Å². The largest absolute Gasteiger partial charge is 0.497 e. The minimum absolute atomic E-state index is 0.0167. The van der Waals surface area contributed by atoms with Crippen LogP contribution < -0.4 is 15.4 Å². The zero-order valence-electron chi connectivity index (χ0n) is 20.7. The van der Waals surface area contributed by atoms with Gasteiger partial charge in [-0.15, -0.1) is 0 Å². The average Bonchev–Trinajstić information content (AvgIpc) is 2.81. The number of nitrogens with zero attached hydrogens (tertiary/aromatic N) is 3. The van der Waals surface area contributed by atoms with E-state index < -0.39 is 0 Å². The summed E-state index contributed by atoms with van der Waals surface area (Å²) >= 11 is 0. The van der Waals surface area contributed by atoms with Crippen LogP contribution in [0.5, 0.6) is 5.75 Å². The molecule has 2 heterocycles. The van der Waals surface area contributed by atoms with Crippen molar-refractivity contribution in [2.45, 2.75) is 45.2 Å². The molecule has 1 aromatic rings. The first-order valence-corrected chi connectivity index (χ1v) is 12.1. The zero-order valence-corrected chi connectivity index (χ0v) is 20.7. The monoisotopic (exact) mass is 445 g/mol. The van der Waals surface area contributed by atoms with Gasteiger partial charge in [-0.05, 0) is 70.8 Å². The highest BCUT2D eigenvalue weighted by Gasteiger charge is 2.31. The summed E-state index contributed by atoms with van der Waals surface area (Å²) in [4.78, 5) is 9.94. The number of piperidine rings is 1. The van der Waals surface area contributed by atoms with Crippen LogP contribution in [0.3, 0.4) is 0 Å². The molecule has 0 spiro atoms. The summed E-state index contributed by atoms with van der Waals surface area (Å²) in [6.07, 6.45) is 2.44. The maximum absolute atomic E-state index is 5.52. The number of hydrogen-bond acceptors (Lipinski definition) is 5. The van der Waals surface area contributed by atoms with E-state index in [0.29, 0.717) is 12.0 Å². The Morgan fingerprint density at radius 1 is 1.16 bits per heavy atom. The molecule has 2 atom stereocenters. The molecule has 0 bridgehead atoms. The summed E-state index contributed by atoms with van der Waals surface area (Å²) in [5.41, 5.74) is 1.37. The van der Waals surface area contributed by atoms with Crippen LogP contribution in [0.1, 0.15) is 45.2 Å². The quantitative estimate of drug-likeness (QED) is 0.474. The van der Waals surface area contributed by atoms with Gasteiger partial charge >= 0.3 is 0 Å². The number of methoxy groups -OCH3 is 1. The van der Waals surface area contributed by atoms with Crippen molar-refractivity contribution in [3.8, 4) is 5.75 Å². The molecule has 0 amide bonds. The van der Waals surface area contributed by atoms with Gasteiger partial charge < -0.3 is 20.1 Å². The van der Waals surface area contributed by atoms with Crippen molar-refractivity contribution in [1.29, 1.82) is 0 Å². The highest BCUT2D eigenvalue weighted by atomic mass is 16.5. The third-order valence-corrected chi connectivity index (χ3v) is 6.83. The second-order valence-electron chi connectivity index (χ2n) is 9.59. The number of morpholine rings is 1. The minimum Gasteiger partial charge on any atom is -0.497 e. The lowest BCUT2D eigenvalue weighted by atomic mass is 9.85. The summed E-state index contributed by atoms with van der Waals surface area (Å²) < 4.78 is 10.9. The van der Waals surface area contributed by atoms with Crippen molar-refractivity contribution in [2.24, 2.45) is 10.9 Å². The summed E-state index contributed by atoms with van der Waals surface area (Å²) in [6, 6.07) is 8.96. The number of likely N-dealkylation sites (tertiary alicyclic amines) is 1. The van der Waals surface area contributed by atoms with Gasteiger partial charge in [0.2, 0.25) is 0 Å². The van der Waals surface area contributed by atoms with Gasteiger partial charge in [0.1, 0.15) is 5.75 Å². The number of guanidine groups is 1. The molecule has 7 nitrogen and oxygen atoms in total. The number of benzene rings is 1. The summed E-state index contributed by atoms with van der Waals surface area (Å²) in [5, 5.41) is 7.10. The van der Waals surface area contributed by atoms with Crippen LogP contribution in [0, 0.1) is 5.92 Å². The second-order valence-corrected chi connectivity index (χ2v) is 9.59. The van der Waals surface area contributed by atoms with Gasteiger partial charge in [0.05, 0.1) is 26.9 Å². The Morgan fingerprint density at radius 2 is 1.88 bits per heavy atom. The fourth-order valence-corrected chi connectivity index (χ4v) is 4.91. The molecule has 0 radical (unpaired) electrons. The third kappa shape index (κ3) is 6.59. The molecule has 2 N–H and O–H groups in total. The lowest BCUT2D eigenvalue weighted by Gasteiger charge is -2.40. The molecule has 3 rings (SSSR count). The van der Waals surface area contributed by atoms with Crippen LogP contribution in [0.2, 0.25) is 0 Å². The Labute approximate surface area is 194 Å². The fraction of sp³-hybridized carbons (Fsp3) is 0.720. The lowest BCUT2D eigenvalue weighted by Crippen LogP contribution is -2.52. The van der Waals surface area contributed by atoms with Crippen molar-refractivity contribution >= 4 is 5.96 Å². The Bertz CT molecular complexity index is 716. The molecule has 2 saturated heterocycles. The Hall–Kier alpha value is -1.83. The van der Waals surface area contributed by atoms with Gasteiger partial charge in [-0.25, -0.2) is 0 Å². The van der Waals surface area contributed by atoms with E-state index in [1.807, 2.05) is 0 Å². The van der Waals surface area contributed by atoms with E-state index in [4.69, 9.17) is 14.5 Å². The van der Waals surface area contributed by atoms with Crippen LogP contribution in [0.25, 0.3) is 0 Å². The molecule has 2 fully saturated rings. The Kier molecular flexibility index (Phi) is 9.20. The molecule has 0 saturated carbocycles. The van der Waals surface area contributed by atoms with Crippen LogP contribution in [0.4, 0.5) is 0 Å². The molecule has 7 heteroatoms. The molecule has 0 aliphatic carbocycles. The predicted octanol–water partition coefficient (Wildman–Crippen LogP) is 2.74. The third-order valence-electron chi connectivity index (χ3n) is 6.83. The fourth-order valence-electron chi connectivity index (χ4n) is 4.91. The van der Waals surface area contributed by atoms with Gasteiger partial charge in [0.15, 0.2) is 5.96 Å². The van der Waals surface area contributed by atoms with Crippen molar-refractivity contribution in [2.75, 3.05) is 66.6 Å². The van der Waals surface area contributed by atoms with Gasteiger partial charge in [-0.2, -0.15) is 0 Å². The number of aliphatic imine (C=N–C) groups is 1. The molecule has 32 heavy (non-hydrogen) atoms. The van der Waals surface area contributed by atoms with E-state index >= 15 is 0 Å².